The average molecular weight is 465 g/mol. The molecule has 0 amide bonds. The van der Waals surface area contributed by atoms with Crippen molar-refractivity contribution in [1.29, 1.82) is 0 Å². The van der Waals surface area contributed by atoms with Crippen molar-refractivity contribution in [2.45, 2.75) is 24.9 Å². The van der Waals surface area contributed by atoms with Crippen LogP contribution in [0.3, 0.4) is 0 Å². The van der Waals surface area contributed by atoms with Gasteiger partial charge in [-0.1, -0.05) is 11.6 Å². The maximum absolute atomic E-state index is 14.6. The van der Waals surface area contributed by atoms with Crippen molar-refractivity contribution in [1.82, 2.24) is 34.1 Å². The van der Waals surface area contributed by atoms with Crippen molar-refractivity contribution in [3.63, 3.8) is 0 Å². The zero-order valence-electron chi connectivity index (χ0n) is 16.2. The topological polar surface area (TPSA) is 78.4 Å². The first-order chi connectivity index (χ1) is 14.8. The molecule has 0 saturated heterocycles. The molecule has 160 valence electrons. The van der Waals surface area contributed by atoms with Gasteiger partial charge in [-0.25, -0.2) is 13.8 Å². The molecule has 5 heterocycles. The lowest BCUT2D eigenvalue weighted by Gasteiger charge is -2.16. The summed E-state index contributed by atoms with van der Waals surface area (Å²) in [5, 5.41) is 15.7. The zero-order valence-corrected chi connectivity index (χ0v) is 17.7. The summed E-state index contributed by atoms with van der Waals surface area (Å²) < 4.78 is 33.8. The smallest absolute Gasteiger partial charge is 0.283 e. The Hall–Kier alpha value is -2.98. The third kappa shape index (κ3) is 3.55. The largest absolute Gasteiger partial charge is 0.338 e. The highest BCUT2D eigenvalue weighted by molar-refractivity contribution is 6.33. The quantitative estimate of drug-likeness (QED) is 0.454. The zero-order chi connectivity index (χ0) is 21.8. The normalized spacial score (nSPS) is 14.7. The van der Waals surface area contributed by atoms with Crippen molar-refractivity contribution in [3.8, 4) is 22.6 Å². The highest BCUT2D eigenvalue weighted by Crippen LogP contribution is 2.37. The Balaban J connectivity index is 1.59. The third-order valence-electron chi connectivity index (χ3n) is 5.11. The number of pyridine rings is 1. The third-order valence-corrected chi connectivity index (χ3v) is 5.65. The Morgan fingerprint density at radius 2 is 2.06 bits per heavy atom. The van der Waals surface area contributed by atoms with Crippen LogP contribution in [0.25, 0.3) is 22.6 Å². The van der Waals surface area contributed by atoms with Gasteiger partial charge in [0.2, 0.25) is 0 Å². The first-order valence-corrected chi connectivity index (χ1v) is 10.2. The summed E-state index contributed by atoms with van der Waals surface area (Å²) in [6.07, 6.45) is 4.82. The molecule has 0 spiro atoms. The maximum atomic E-state index is 14.6. The lowest BCUT2D eigenvalue weighted by molar-refractivity contribution is -0.0299. The summed E-state index contributed by atoms with van der Waals surface area (Å²) in [6, 6.07) is 5.34. The molecular weight excluding hydrogens is 449 g/mol. The molecule has 5 rings (SSSR count). The van der Waals surface area contributed by atoms with Crippen LogP contribution in [0.1, 0.15) is 5.82 Å². The van der Waals surface area contributed by atoms with E-state index >= 15 is 0 Å². The van der Waals surface area contributed by atoms with Crippen LogP contribution in [0.2, 0.25) is 5.02 Å². The lowest BCUT2D eigenvalue weighted by atomic mass is 10.1. The molecular formula is C19H16Cl2F2N8. The van der Waals surface area contributed by atoms with E-state index in [1.165, 1.54) is 15.3 Å². The highest BCUT2D eigenvalue weighted by atomic mass is 35.5. The summed E-state index contributed by atoms with van der Waals surface area (Å²) in [5.74, 6) is -1.06. The van der Waals surface area contributed by atoms with Crippen molar-refractivity contribution in [2.24, 2.45) is 7.05 Å². The summed E-state index contributed by atoms with van der Waals surface area (Å²) in [4.78, 5) is 4.30. The summed E-state index contributed by atoms with van der Waals surface area (Å²) >= 11 is 12.3. The molecule has 8 nitrogen and oxygen atoms in total. The Labute approximate surface area is 185 Å². The highest BCUT2D eigenvalue weighted by Gasteiger charge is 2.37. The first kappa shape index (κ1) is 20.0. The van der Waals surface area contributed by atoms with Crippen molar-refractivity contribution in [2.75, 3.05) is 5.32 Å². The fourth-order valence-corrected chi connectivity index (χ4v) is 4.06. The van der Waals surface area contributed by atoms with Crippen LogP contribution in [-0.4, -0.2) is 40.0 Å². The van der Waals surface area contributed by atoms with Gasteiger partial charge in [-0.15, -0.1) is 21.8 Å². The minimum atomic E-state index is -2.99. The van der Waals surface area contributed by atoms with Gasteiger partial charge in [0.05, 0.1) is 35.9 Å². The molecule has 0 aliphatic carbocycles. The van der Waals surface area contributed by atoms with Gasteiger partial charge in [-0.3, -0.25) is 4.68 Å². The van der Waals surface area contributed by atoms with E-state index in [9.17, 15) is 8.78 Å². The molecule has 12 heteroatoms. The molecule has 4 aromatic rings. The molecule has 31 heavy (non-hydrogen) atoms. The minimum absolute atomic E-state index is 0.00410. The summed E-state index contributed by atoms with van der Waals surface area (Å²) in [7, 11) is 1.80. The number of anilines is 2. The van der Waals surface area contributed by atoms with Gasteiger partial charge >= 0.3 is 0 Å². The number of alkyl halides is 3. The van der Waals surface area contributed by atoms with Crippen molar-refractivity contribution in [3.05, 3.63) is 47.6 Å². The number of nitrogens with one attached hydrogen (secondary N) is 1. The van der Waals surface area contributed by atoms with Crippen LogP contribution in [0.15, 0.2) is 36.8 Å². The first-order valence-electron chi connectivity index (χ1n) is 9.32. The van der Waals surface area contributed by atoms with Crippen molar-refractivity contribution < 1.29 is 8.78 Å². The number of nitrogens with zero attached hydrogens (tertiary/aromatic N) is 7. The second-order valence-electron chi connectivity index (χ2n) is 7.27. The molecule has 0 radical (unpaired) electrons. The van der Waals surface area contributed by atoms with E-state index in [0.717, 1.165) is 5.82 Å². The number of halogens is 4. The average Bonchev–Trinajstić information content (AvgIpc) is 3.40. The number of rotatable bonds is 4. The van der Waals surface area contributed by atoms with Gasteiger partial charge in [0.1, 0.15) is 17.5 Å². The SMILES string of the molecule is Cn1nccc1Nc1cc(-c2cc3n(c2)CC(F)(F)Cn2c(CCl)nnc2-3)c(Cl)cn1. The minimum Gasteiger partial charge on any atom is -0.338 e. The Bertz CT molecular complexity index is 1280. The molecule has 1 N–H and O–H groups in total. The van der Waals surface area contributed by atoms with Gasteiger partial charge in [0.15, 0.2) is 5.82 Å². The van der Waals surface area contributed by atoms with E-state index in [4.69, 9.17) is 23.2 Å². The standard InChI is InChI=1S/C19H16Cl2F2N8/c1-29-16(2-3-25-29)26-15-5-12(13(21)7-24-15)11-4-14-18-28-27-17(6-20)31(18)10-19(22,23)9-30(14)8-11/h2-5,7-8H,6,9-10H2,1H3,(H,24,26). The van der Waals surface area contributed by atoms with Crippen LogP contribution in [0, 0.1) is 0 Å². The molecule has 0 aromatic carbocycles. The van der Waals surface area contributed by atoms with Gasteiger partial charge in [0, 0.05) is 36.6 Å². The van der Waals surface area contributed by atoms with Crippen molar-refractivity contribution >= 4 is 34.8 Å². The van der Waals surface area contributed by atoms with E-state index in [1.807, 2.05) is 0 Å². The summed E-state index contributed by atoms with van der Waals surface area (Å²) in [5.41, 5.74) is 1.83. The molecule has 0 unspecified atom stereocenters. The van der Waals surface area contributed by atoms with Crippen LogP contribution in [0.5, 0.6) is 0 Å². The molecule has 0 bridgehead atoms. The number of hydrogen-bond acceptors (Lipinski definition) is 5. The summed E-state index contributed by atoms with van der Waals surface area (Å²) in [6.45, 7) is -1.01. The fraction of sp³-hybridized carbons (Fsp3) is 0.263. The number of fused-ring (bicyclic) bond motifs is 3. The molecule has 1 aliphatic heterocycles. The lowest BCUT2D eigenvalue weighted by Crippen LogP contribution is -2.28. The molecule has 4 aromatic heterocycles. The predicted octanol–water partition coefficient (Wildman–Crippen LogP) is 4.33. The van der Waals surface area contributed by atoms with Gasteiger partial charge in [0.25, 0.3) is 5.92 Å². The van der Waals surface area contributed by atoms with Gasteiger partial charge < -0.3 is 14.5 Å². The van der Waals surface area contributed by atoms with Crippen LogP contribution in [-0.2, 0) is 26.0 Å². The monoisotopic (exact) mass is 464 g/mol. The predicted molar refractivity (Wildman–Crippen MR) is 113 cm³/mol. The fourth-order valence-electron chi connectivity index (χ4n) is 3.65. The molecule has 0 fully saturated rings. The van der Waals surface area contributed by atoms with E-state index in [0.29, 0.717) is 39.3 Å². The van der Waals surface area contributed by atoms with Gasteiger partial charge in [-0.05, 0) is 12.1 Å². The Morgan fingerprint density at radius 3 is 2.81 bits per heavy atom. The number of aromatic nitrogens is 7. The number of hydrogen-bond donors (Lipinski definition) is 1. The number of aryl methyl sites for hydroxylation is 1. The Morgan fingerprint density at radius 1 is 1.23 bits per heavy atom. The molecule has 1 aliphatic rings. The second-order valence-corrected chi connectivity index (χ2v) is 7.95. The maximum Gasteiger partial charge on any atom is 0.283 e. The second kappa shape index (κ2) is 7.31. The molecule has 0 saturated carbocycles. The Kier molecular flexibility index (Phi) is 4.71. The van der Waals surface area contributed by atoms with E-state index < -0.39 is 19.0 Å². The van der Waals surface area contributed by atoms with Crippen LogP contribution < -0.4 is 5.32 Å². The molecule has 0 atom stereocenters. The van der Waals surface area contributed by atoms with E-state index in [-0.39, 0.29) is 5.88 Å². The van der Waals surface area contributed by atoms with E-state index in [1.54, 1.807) is 42.3 Å². The van der Waals surface area contributed by atoms with Crippen LogP contribution >= 0.6 is 23.2 Å². The van der Waals surface area contributed by atoms with Gasteiger partial charge in [-0.2, -0.15) is 5.10 Å². The van der Waals surface area contributed by atoms with Crippen LogP contribution in [0.4, 0.5) is 20.4 Å². The van der Waals surface area contributed by atoms with E-state index in [2.05, 4.69) is 25.6 Å².